The van der Waals surface area contributed by atoms with Crippen molar-refractivity contribution >= 4 is 17.3 Å². The predicted octanol–water partition coefficient (Wildman–Crippen LogP) is 3.15. The van der Waals surface area contributed by atoms with Gasteiger partial charge < -0.3 is 9.64 Å². The van der Waals surface area contributed by atoms with E-state index >= 15 is 0 Å². The summed E-state index contributed by atoms with van der Waals surface area (Å²) in [6.45, 7) is 6.76. The molecule has 8 heteroatoms. The van der Waals surface area contributed by atoms with E-state index in [0.717, 1.165) is 34.5 Å². The minimum absolute atomic E-state index is 0.278. The Kier molecular flexibility index (Phi) is 4.41. The Labute approximate surface area is 163 Å². The van der Waals surface area contributed by atoms with Crippen LogP contribution in [0.4, 0.5) is 4.79 Å². The SMILES string of the molecule is Cn1ccc(-c2cc3ncnn3cc2C2=CCN(C(=O)OC(C)(C)C)CC2)n1. The van der Waals surface area contributed by atoms with Crippen molar-refractivity contribution in [2.45, 2.75) is 32.8 Å². The lowest BCUT2D eigenvalue weighted by Gasteiger charge is -2.30. The van der Waals surface area contributed by atoms with Gasteiger partial charge in [0.05, 0.1) is 5.69 Å². The fraction of sp³-hybridized carbons (Fsp3) is 0.400. The van der Waals surface area contributed by atoms with Gasteiger partial charge in [0.15, 0.2) is 5.65 Å². The number of ether oxygens (including phenoxy) is 1. The van der Waals surface area contributed by atoms with Crippen molar-refractivity contribution in [3.63, 3.8) is 0 Å². The molecule has 1 aliphatic rings. The first-order valence-electron chi connectivity index (χ1n) is 9.31. The first kappa shape index (κ1) is 18.2. The van der Waals surface area contributed by atoms with E-state index < -0.39 is 5.60 Å². The summed E-state index contributed by atoms with van der Waals surface area (Å²) >= 11 is 0. The Morgan fingerprint density at radius 2 is 2.07 bits per heavy atom. The van der Waals surface area contributed by atoms with Crippen LogP contribution >= 0.6 is 0 Å². The molecule has 0 aliphatic carbocycles. The maximum Gasteiger partial charge on any atom is 0.410 e. The van der Waals surface area contributed by atoms with E-state index in [2.05, 4.69) is 21.3 Å². The highest BCUT2D eigenvalue weighted by Gasteiger charge is 2.25. The lowest BCUT2D eigenvalue weighted by Crippen LogP contribution is -2.39. The normalized spacial score (nSPS) is 15.0. The number of carbonyl (C=O) groups excluding carboxylic acids is 1. The van der Waals surface area contributed by atoms with Crippen molar-refractivity contribution < 1.29 is 9.53 Å². The van der Waals surface area contributed by atoms with Gasteiger partial charge in [-0.3, -0.25) is 4.68 Å². The smallest absolute Gasteiger partial charge is 0.410 e. The summed E-state index contributed by atoms with van der Waals surface area (Å²) in [6, 6.07) is 3.99. The van der Waals surface area contributed by atoms with E-state index in [-0.39, 0.29) is 6.09 Å². The second-order valence-electron chi connectivity index (χ2n) is 7.94. The first-order chi connectivity index (χ1) is 13.3. The Bertz CT molecular complexity index is 1060. The number of carbonyl (C=O) groups is 1. The van der Waals surface area contributed by atoms with Gasteiger partial charge in [-0.1, -0.05) is 6.08 Å². The molecule has 4 rings (SSSR count). The van der Waals surface area contributed by atoms with E-state index in [1.807, 2.05) is 52.3 Å². The molecule has 0 saturated heterocycles. The van der Waals surface area contributed by atoms with Crippen LogP contribution in [0.2, 0.25) is 0 Å². The summed E-state index contributed by atoms with van der Waals surface area (Å²) in [5.41, 5.74) is 4.40. The lowest BCUT2D eigenvalue weighted by atomic mass is 9.95. The Hall–Kier alpha value is -3.16. The average molecular weight is 380 g/mol. The average Bonchev–Trinajstić information content (AvgIpc) is 3.27. The third-order valence-electron chi connectivity index (χ3n) is 4.61. The molecular weight excluding hydrogens is 356 g/mol. The predicted molar refractivity (Wildman–Crippen MR) is 106 cm³/mol. The van der Waals surface area contributed by atoms with Gasteiger partial charge in [-0.2, -0.15) is 10.2 Å². The number of amides is 1. The molecule has 0 radical (unpaired) electrons. The largest absolute Gasteiger partial charge is 0.444 e. The van der Waals surface area contributed by atoms with Gasteiger partial charge in [0, 0.05) is 43.7 Å². The number of rotatable bonds is 2. The summed E-state index contributed by atoms with van der Waals surface area (Å²) in [5, 5.41) is 8.82. The molecule has 0 bridgehead atoms. The maximum atomic E-state index is 12.3. The number of fused-ring (bicyclic) bond motifs is 1. The number of hydrogen-bond donors (Lipinski definition) is 0. The van der Waals surface area contributed by atoms with Gasteiger partial charge >= 0.3 is 6.09 Å². The second-order valence-corrected chi connectivity index (χ2v) is 7.94. The molecule has 1 aliphatic heterocycles. The molecule has 3 aromatic rings. The van der Waals surface area contributed by atoms with Crippen LogP contribution in [0.1, 0.15) is 32.8 Å². The van der Waals surface area contributed by atoms with E-state index in [1.54, 1.807) is 20.4 Å². The molecule has 0 aromatic carbocycles. The zero-order valence-electron chi connectivity index (χ0n) is 16.6. The molecule has 146 valence electrons. The van der Waals surface area contributed by atoms with Crippen LogP contribution in [-0.2, 0) is 11.8 Å². The molecule has 1 amide bonds. The maximum absolute atomic E-state index is 12.3. The molecule has 0 spiro atoms. The number of pyridine rings is 1. The van der Waals surface area contributed by atoms with Gasteiger partial charge in [-0.05, 0) is 44.9 Å². The molecule has 4 heterocycles. The fourth-order valence-electron chi connectivity index (χ4n) is 3.29. The highest BCUT2D eigenvalue weighted by atomic mass is 16.6. The van der Waals surface area contributed by atoms with Crippen LogP contribution in [0.25, 0.3) is 22.5 Å². The minimum Gasteiger partial charge on any atom is -0.444 e. The van der Waals surface area contributed by atoms with Crippen molar-refractivity contribution in [1.82, 2.24) is 29.3 Å². The van der Waals surface area contributed by atoms with E-state index in [4.69, 9.17) is 4.74 Å². The van der Waals surface area contributed by atoms with Crippen molar-refractivity contribution in [3.8, 4) is 11.3 Å². The van der Waals surface area contributed by atoms with Crippen LogP contribution in [0.5, 0.6) is 0 Å². The molecule has 0 fully saturated rings. The molecular formula is C20H24N6O2. The zero-order valence-corrected chi connectivity index (χ0v) is 16.6. The second kappa shape index (κ2) is 6.78. The van der Waals surface area contributed by atoms with Crippen molar-refractivity contribution in [2.75, 3.05) is 13.1 Å². The van der Waals surface area contributed by atoms with E-state index in [9.17, 15) is 4.79 Å². The molecule has 0 N–H and O–H groups in total. The van der Waals surface area contributed by atoms with Crippen LogP contribution in [0.15, 0.2) is 36.9 Å². The number of hydrogen-bond acceptors (Lipinski definition) is 5. The Morgan fingerprint density at radius 3 is 2.71 bits per heavy atom. The van der Waals surface area contributed by atoms with E-state index in [0.29, 0.717) is 13.1 Å². The molecule has 0 saturated carbocycles. The van der Waals surface area contributed by atoms with Crippen LogP contribution in [-0.4, -0.2) is 54.1 Å². The molecule has 3 aromatic heterocycles. The number of nitrogens with zero attached hydrogens (tertiary/aromatic N) is 6. The minimum atomic E-state index is -0.495. The lowest BCUT2D eigenvalue weighted by molar-refractivity contribution is 0.0270. The topological polar surface area (TPSA) is 77.6 Å². The quantitative estimate of drug-likeness (QED) is 0.682. The molecule has 28 heavy (non-hydrogen) atoms. The standard InChI is InChI=1S/C20H24N6O2/c1-20(2,3)28-19(27)25-9-5-14(6-10-25)16-12-26-18(21-13-22-26)11-15(16)17-7-8-24(4)23-17/h5,7-8,11-13H,6,9-10H2,1-4H3. The van der Waals surface area contributed by atoms with Crippen molar-refractivity contribution in [3.05, 3.63) is 42.5 Å². The summed E-state index contributed by atoms with van der Waals surface area (Å²) in [6.07, 6.45) is 7.99. The summed E-state index contributed by atoms with van der Waals surface area (Å²) in [7, 11) is 1.90. The zero-order chi connectivity index (χ0) is 19.9. The Balaban J connectivity index is 1.66. The van der Waals surface area contributed by atoms with Crippen LogP contribution < -0.4 is 0 Å². The van der Waals surface area contributed by atoms with Gasteiger partial charge in [-0.15, -0.1) is 0 Å². The highest BCUT2D eigenvalue weighted by molar-refractivity contribution is 5.82. The van der Waals surface area contributed by atoms with Crippen LogP contribution in [0.3, 0.4) is 0 Å². The van der Waals surface area contributed by atoms with Crippen LogP contribution in [0, 0.1) is 0 Å². The first-order valence-corrected chi connectivity index (χ1v) is 9.31. The van der Waals surface area contributed by atoms with Gasteiger partial charge in [-0.25, -0.2) is 14.3 Å². The molecule has 0 unspecified atom stereocenters. The summed E-state index contributed by atoms with van der Waals surface area (Å²) in [4.78, 5) is 18.3. The van der Waals surface area contributed by atoms with Gasteiger partial charge in [0.1, 0.15) is 11.9 Å². The molecule has 8 nitrogen and oxygen atoms in total. The third kappa shape index (κ3) is 3.62. The number of aromatic nitrogens is 5. The van der Waals surface area contributed by atoms with Gasteiger partial charge in [0.25, 0.3) is 0 Å². The number of aryl methyl sites for hydroxylation is 1. The van der Waals surface area contributed by atoms with Gasteiger partial charge in [0.2, 0.25) is 0 Å². The fourth-order valence-corrected chi connectivity index (χ4v) is 3.29. The summed E-state index contributed by atoms with van der Waals surface area (Å²) < 4.78 is 9.03. The summed E-state index contributed by atoms with van der Waals surface area (Å²) in [5.74, 6) is 0. The monoisotopic (exact) mass is 380 g/mol. The third-order valence-corrected chi connectivity index (χ3v) is 4.61. The van der Waals surface area contributed by atoms with Crippen molar-refractivity contribution in [1.29, 1.82) is 0 Å². The Morgan fingerprint density at radius 1 is 1.25 bits per heavy atom. The van der Waals surface area contributed by atoms with Crippen molar-refractivity contribution in [2.24, 2.45) is 7.05 Å². The van der Waals surface area contributed by atoms with E-state index in [1.165, 1.54) is 0 Å². The highest BCUT2D eigenvalue weighted by Crippen LogP contribution is 2.32. The molecule has 0 atom stereocenters.